The number of carbonyl (C=O) groups excluding carboxylic acids is 1. The van der Waals surface area contributed by atoms with E-state index in [1.54, 1.807) is 6.07 Å². The molecule has 0 bridgehead atoms. The lowest BCUT2D eigenvalue weighted by molar-refractivity contribution is -0.113. The summed E-state index contributed by atoms with van der Waals surface area (Å²) in [5.74, 6) is 2.05. The summed E-state index contributed by atoms with van der Waals surface area (Å²) in [6.45, 7) is 0. The number of nitrogens with zero attached hydrogens (tertiary/aromatic N) is 3. The smallest absolute Gasteiger partial charge is 0.234 e. The number of aromatic nitrogens is 3. The number of nitrogens with one attached hydrogen (secondary N) is 1. The number of ether oxygens (including phenoxy) is 1. The van der Waals surface area contributed by atoms with Crippen molar-refractivity contribution in [2.45, 2.75) is 5.16 Å². The van der Waals surface area contributed by atoms with Crippen molar-refractivity contribution in [2.75, 3.05) is 11.1 Å². The molecule has 1 amide bonds. The first-order valence-electron chi connectivity index (χ1n) is 11.2. The SMILES string of the molecule is O=C(CSc1nnc(-c2ccc(Cl)cc2)n1-c1ccccc1)Nc1cccc(Oc2ccccc2)c1. The summed E-state index contributed by atoms with van der Waals surface area (Å²) in [6.07, 6.45) is 0. The van der Waals surface area contributed by atoms with Crippen molar-refractivity contribution in [3.8, 4) is 28.6 Å². The number of hydrogen-bond acceptors (Lipinski definition) is 5. The van der Waals surface area contributed by atoms with Crippen LogP contribution < -0.4 is 10.1 Å². The van der Waals surface area contributed by atoms with Gasteiger partial charge in [-0.3, -0.25) is 9.36 Å². The van der Waals surface area contributed by atoms with Gasteiger partial charge in [-0.05, 0) is 60.7 Å². The Balaban J connectivity index is 1.31. The maximum atomic E-state index is 12.8. The van der Waals surface area contributed by atoms with Gasteiger partial charge in [-0.15, -0.1) is 10.2 Å². The van der Waals surface area contributed by atoms with Crippen molar-refractivity contribution in [1.82, 2.24) is 14.8 Å². The Labute approximate surface area is 217 Å². The van der Waals surface area contributed by atoms with Crippen molar-refractivity contribution in [3.63, 3.8) is 0 Å². The van der Waals surface area contributed by atoms with Crippen LogP contribution in [0.5, 0.6) is 11.5 Å². The second kappa shape index (κ2) is 11.1. The molecule has 5 aromatic rings. The maximum Gasteiger partial charge on any atom is 0.234 e. The molecule has 0 spiro atoms. The van der Waals surface area contributed by atoms with E-state index >= 15 is 0 Å². The molecule has 0 aliphatic carbocycles. The number of thioether (sulfide) groups is 1. The lowest BCUT2D eigenvalue weighted by Crippen LogP contribution is -2.14. The minimum Gasteiger partial charge on any atom is -0.457 e. The third-order valence-corrected chi connectivity index (χ3v) is 6.36. The molecule has 36 heavy (non-hydrogen) atoms. The molecule has 178 valence electrons. The molecule has 1 aromatic heterocycles. The normalized spacial score (nSPS) is 10.7. The molecule has 0 radical (unpaired) electrons. The molecule has 0 aliphatic rings. The van der Waals surface area contributed by atoms with Gasteiger partial charge in [-0.2, -0.15) is 0 Å². The van der Waals surface area contributed by atoms with Crippen LogP contribution in [0.1, 0.15) is 0 Å². The Bertz CT molecular complexity index is 1460. The number of anilines is 1. The Morgan fingerprint density at radius 1 is 0.833 bits per heavy atom. The molecule has 0 atom stereocenters. The third kappa shape index (κ3) is 5.76. The molecule has 5 rings (SSSR count). The van der Waals surface area contributed by atoms with E-state index in [-0.39, 0.29) is 11.7 Å². The van der Waals surface area contributed by atoms with Crippen LogP contribution in [0.2, 0.25) is 5.02 Å². The first-order chi connectivity index (χ1) is 17.7. The number of para-hydroxylation sites is 2. The van der Waals surface area contributed by atoms with E-state index in [0.717, 1.165) is 17.0 Å². The van der Waals surface area contributed by atoms with Crippen LogP contribution in [0.3, 0.4) is 0 Å². The molecule has 0 aliphatic heterocycles. The van der Waals surface area contributed by atoms with Crippen molar-refractivity contribution in [2.24, 2.45) is 0 Å². The van der Waals surface area contributed by atoms with E-state index in [1.165, 1.54) is 11.8 Å². The maximum absolute atomic E-state index is 12.8. The topological polar surface area (TPSA) is 69.0 Å². The van der Waals surface area contributed by atoms with Gasteiger partial charge in [-0.1, -0.05) is 65.8 Å². The Morgan fingerprint density at radius 2 is 1.53 bits per heavy atom. The zero-order chi connectivity index (χ0) is 24.7. The van der Waals surface area contributed by atoms with Gasteiger partial charge in [0.2, 0.25) is 5.91 Å². The lowest BCUT2D eigenvalue weighted by Gasteiger charge is -2.11. The first kappa shape index (κ1) is 23.7. The van der Waals surface area contributed by atoms with Crippen molar-refractivity contribution >= 4 is 35.0 Å². The number of carbonyl (C=O) groups is 1. The molecule has 0 saturated heterocycles. The van der Waals surface area contributed by atoms with Gasteiger partial charge in [0.25, 0.3) is 0 Å². The quantitative estimate of drug-likeness (QED) is 0.224. The van der Waals surface area contributed by atoms with Crippen molar-refractivity contribution in [3.05, 3.63) is 114 Å². The monoisotopic (exact) mass is 512 g/mol. The van der Waals surface area contributed by atoms with E-state index in [4.69, 9.17) is 16.3 Å². The van der Waals surface area contributed by atoms with Crippen molar-refractivity contribution < 1.29 is 9.53 Å². The molecule has 0 fully saturated rings. The first-order valence-corrected chi connectivity index (χ1v) is 12.5. The molecule has 6 nitrogen and oxygen atoms in total. The van der Waals surface area contributed by atoms with Crippen LogP contribution in [0, 0.1) is 0 Å². The van der Waals surface area contributed by atoms with Crippen LogP contribution in [-0.4, -0.2) is 26.4 Å². The number of hydrogen-bond donors (Lipinski definition) is 1. The predicted molar refractivity (Wildman–Crippen MR) is 144 cm³/mol. The number of rotatable bonds is 8. The average Bonchev–Trinajstić information content (AvgIpc) is 3.33. The zero-order valence-electron chi connectivity index (χ0n) is 19.0. The Hall–Kier alpha value is -4.07. The van der Waals surface area contributed by atoms with Gasteiger partial charge in [0.1, 0.15) is 11.5 Å². The standard InChI is InChI=1S/C28H21ClN4O2S/c29-21-16-14-20(15-17-21)27-31-32-28(33(27)23-9-3-1-4-10-23)36-19-26(34)30-22-8-7-13-25(18-22)35-24-11-5-2-6-12-24/h1-18H,19H2,(H,30,34). The fourth-order valence-corrected chi connectivity index (χ4v) is 4.43. The molecule has 0 saturated carbocycles. The van der Waals surface area contributed by atoms with Gasteiger partial charge >= 0.3 is 0 Å². The summed E-state index contributed by atoms with van der Waals surface area (Å²) in [5.41, 5.74) is 2.43. The molecule has 4 aromatic carbocycles. The number of benzene rings is 4. The lowest BCUT2D eigenvalue weighted by atomic mass is 10.2. The molecule has 1 heterocycles. The molecule has 1 N–H and O–H groups in total. The van der Waals surface area contributed by atoms with E-state index in [1.807, 2.05) is 108 Å². The largest absolute Gasteiger partial charge is 0.457 e. The van der Waals surface area contributed by atoms with Gasteiger partial charge in [-0.25, -0.2) is 0 Å². The summed E-state index contributed by atoms with van der Waals surface area (Å²) in [5, 5.41) is 13.0. The summed E-state index contributed by atoms with van der Waals surface area (Å²) in [4.78, 5) is 12.8. The van der Waals surface area contributed by atoms with E-state index in [0.29, 0.717) is 27.4 Å². The summed E-state index contributed by atoms with van der Waals surface area (Å²) in [7, 11) is 0. The predicted octanol–water partition coefficient (Wildman–Crippen LogP) is 7.11. The van der Waals surface area contributed by atoms with E-state index in [2.05, 4.69) is 15.5 Å². The van der Waals surface area contributed by atoms with Crippen LogP contribution >= 0.6 is 23.4 Å². The fourth-order valence-electron chi connectivity index (χ4n) is 3.55. The third-order valence-electron chi connectivity index (χ3n) is 5.18. The van der Waals surface area contributed by atoms with Crippen LogP contribution in [0.25, 0.3) is 17.1 Å². The zero-order valence-corrected chi connectivity index (χ0v) is 20.6. The number of halogens is 1. The van der Waals surface area contributed by atoms with Crippen molar-refractivity contribution in [1.29, 1.82) is 0 Å². The molecule has 0 unspecified atom stereocenters. The van der Waals surface area contributed by atoms with Gasteiger partial charge in [0, 0.05) is 28.0 Å². The summed E-state index contributed by atoms with van der Waals surface area (Å²) >= 11 is 7.38. The fraction of sp³-hybridized carbons (Fsp3) is 0.0357. The number of amides is 1. The second-order valence-electron chi connectivity index (χ2n) is 7.76. The van der Waals surface area contributed by atoms with Gasteiger partial charge in [0.15, 0.2) is 11.0 Å². The minimum atomic E-state index is -0.160. The highest BCUT2D eigenvalue weighted by atomic mass is 35.5. The summed E-state index contributed by atoms with van der Waals surface area (Å²) < 4.78 is 7.80. The average molecular weight is 513 g/mol. The Kier molecular flexibility index (Phi) is 7.30. The van der Waals surface area contributed by atoms with E-state index < -0.39 is 0 Å². The second-order valence-corrected chi connectivity index (χ2v) is 9.14. The Morgan fingerprint density at radius 3 is 2.28 bits per heavy atom. The highest BCUT2D eigenvalue weighted by Gasteiger charge is 2.17. The summed E-state index contributed by atoms with van der Waals surface area (Å²) in [6, 6.07) is 34.0. The van der Waals surface area contributed by atoms with Crippen LogP contribution in [-0.2, 0) is 4.79 Å². The molecular weight excluding hydrogens is 492 g/mol. The van der Waals surface area contributed by atoms with Crippen LogP contribution in [0.15, 0.2) is 114 Å². The highest BCUT2D eigenvalue weighted by molar-refractivity contribution is 7.99. The molecule has 8 heteroatoms. The minimum absolute atomic E-state index is 0.160. The van der Waals surface area contributed by atoms with Gasteiger partial charge < -0.3 is 10.1 Å². The van der Waals surface area contributed by atoms with Gasteiger partial charge in [0.05, 0.1) is 5.75 Å². The van der Waals surface area contributed by atoms with Crippen LogP contribution in [0.4, 0.5) is 5.69 Å². The molecular formula is C28H21ClN4O2S. The highest BCUT2D eigenvalue weighted by Crippen LogP contribution is 2.29. The van der Waals surface area contributed by atoms with E-state index in [9.17, 15) is 4.79 Å².